The molecule has 164 valence electrons. The quantitative estimate of drug-likeness (QED) is 0.241. The smallest absolute Gasteiger partial charge is 0.416 e. The Bertz CT molecular complexity index is 1200. The van der Waals surface area contributed by atoms with Gasteiger partial charge in [0.2, 0.25) is 0 Å². The van der Waals surface area contributed by atoms with E-state index in [1.54, 1.807) is 17.5 Å². The zero-order valence-electron chi connectivity index (χ0n) is 16.3. The topological polar surface area (TPSA) is 57.6 Å². The highest BCUT2D eigenvalue weighted by molar-refractivity contribution is 7.10. The van der Waals surface area contributed by atoms with Crippen molar-refractivity contribution in [1.29, 1.82) is 0 Å². The summed E-state index contributed by atoms with van der Waals surface area (Å²) in [6, 6.07) is 11.6. The van der Waals surface area contributed by atoms with Crippen LogP contribution in [0.15, 0.2) is 71.6 Å². The Balaban J connectivity index is 1.79. The van der Waals surface area contributed by atoms with Gasteiger partial charge >= 0.3 is 6.18 Å². The maximum absolute atomic E-state index is 13.3. The summed E-state index contributed by atoms with van der Waals surface area (Å²) in [6.45, 7) is -0.267. The van der Waals surface area contributed by atoms with Gasteiger partial charge in [0.1, 0.15) is 11.6 Å². The molecule has 1 unspecified atom stereocenters. The number of hydrogen-bond donors (Lipinski definition) is 1. The lowest BCUT2D eigenvalue weighted by molar-refractivity contribution is -0.140. The summed E-state index contributed by atoms with van der Waals surface area (Å²) in [4.78, 5) is 27.4. The third-order valence-corrected chi connectivity index (χ3v) is 6.00. The van der Waals surface area contributed by atoms with Crippen molar-refractivity contribution in [3.63, 3.8) is 0 Å². The number of nitrogens with zero attached hydrogens (tertiary/aromatic N) is 1. The molecule has 1 aromatic heterocycles. The minimum absolute atomic E-state index is 0.144. The molecule has 0 aliphatic carbocycles. The summed E-state index contributed by atoms with van der Waals surface area (Å²) < 4.78 is 52.6. The normalized spacial score (nSPS) is 18.4. The van der Waals surface area contributed by atoms with E-state index < -0.39 is 41.0 Å². The van der Waals surface area contributed by atoms with Gasteiger partial charge in [0.25, 0.3) is 11.7 Å². The lowest BCUT2D eigenvalue weighted by atomic mass is 9.99. The SMILES string of the molecule is O=C1C(=O)N(Cc2cccc(C(F)(F)F)c2)C(c2cccs2)/C1=C(/O)c1ccc(F)cc1. The molecule has 0 radical (unpaired) electrons. The van der Waals surface area contributed by atoms with Crippen molar-refractivity contribution >= 4 is 28.8 Å². The van der Waals surface area contributed by atoms with E-state index in [-0.39, 0.29) is 23.2 Å². The summed E-state index contributed by atoms with van der Waals surface area (Å²) in [5.74, 6) is -2.92. The van der Waals surface area contributed by atoms with Crippen molar-refractivity contribution in [3.8, 4) is 0 Å². The van der Waals surface area contributed by atoms with Crippen molar-refractivity contribution in [1.82, 2.24) is 4.90 Å². The second-order valence-electron chi connectivity index (χ2n) is 7.15. The highest BCUT2D eigenvalue weighted by atomic mass is 32.1. The van der Waals surface area contributed by atoms with Gasteiger partial charge < -0.3 is 10.0 Å². The standard InChI is InChI=1S/C23H15F4NO3S/c24-16-8-6-14(7-9-16)20(29)18-19(17-5-2-10-32-17)28(22(31)21(18)30)12-13-3-1-4-15(11-13)23(25,26)27/h1-11,19,29H,12H2/b20-18-. The summed E-state index contributed by atoms with van der Waals surface area (Å²) in [6.07, 6.45) is -4.56. The molecule has 1 fully saturated rings. The number of amides is 1. The molecule has 32 heavy (non-hydrogen) atoms. The third-order valence-electron chi connectivity index (χ3n) is 5.08. The van der Waals surface area contributed by atoms with Gasteiger partial charge in [-0.3, -0.25) is 9.59 Å². The van der Waals surface area contributed by atoms with Gasteiger partial charge in [-0.05, 0) is 53.4 Å². The number of likely N-dealkylation sites (tertiary alicyclic amines) is 1. The van der Waals surface area contributed by atoms with Gasteiger partial charge in [0.15, 0.2) is 0 Å². The van der Waals surface area contributed by atoms with Gasteiger partial charge in [-0.15, -0.1) is 11.3 Å². The number of Topliss-reactive ketones (excluding diaryl/α,β-unsaturated/α-hetero) is 1. The van der Waals surface area contributed by atoms with E-state index in [9.17, 15) is 32.3 Å². The molecule has 0 bridgehead atoms. The van der Waals surface area contributed by atoms with E-state index in [0.717, 1.165) is 29.2 Å². The van der Waals surface area contributed by atoms with E-state index in [0.29, 0.717) is 4.88 Å². The Kier molecular flexibility index (Phi) is 5.60. The Hall–Kier alpha value is -3.46. The van der Waals surface area contributed by atoms with Crippen molar-refractivity contribution in [3.05, 3.63) is 99.0 Å². The maximum atomic E-state index is 13.3. The number of hydrogen-bond acceptors (Lipinski definition) is 4. The number of carbonyl (C=O) groups excluding carboxylic acids is 2. The lowest BCUT2D eigenvalue weighted by Crippen LogP contribution is -2.29. The van der Waals surface area contributed by atoms with Crippen LogP contribution in [0, 0.1) is 5.82 Å². The molecule has 1 aliphatic heterocycles. The van der Waals surface area contributed by atoms with Crippen LogP contribution in [0.3, 0.4) is 0 Å². The molecule has 1 amide bonds. The van der Waals surface area contributed by atoms with Crippen LogP contribution < -0.4 is 0 Å². The minimum atomic E-state index is -4.56. The number of thiophene rings is 1. The highest BCUT2D eigenvalue weighted by Gasteiger charge is 2.46. The number of benzene rings is 2. The summed E-state index contributed by atoms with van der Waals surface area (Å²) in [5.41, 5.74) is -0.739. The van der Waals surface area contributed by atoms with Crippen LogP contribution in [-0.2, 0) is 22.3 Å². The van der Waals surface area contributed by atoms with Crippen LogP contribution >= 0.6 is 11.3 Å². The molecule has 3 aromatic rings. The molecule has 2 aromatic carbocycles. The first-order chi connectivity index (χ1) is 15.2. The maximum Gasteiger partial charge on any atom is 0.416 e. The minimum Gasteiger partial charge on any atom is -0.507 e. The van der Waals surface area contributed by atoms with Crippen molar-refractivity contribution in [2.24, 2.45) is 0 Å². The molecule has 9 heteroatoms. The zero-order valence-corrected chi connectivity index (χ0v) is 17.1. The van der Waals surface area contributed by atoms with Crippen LogP contribution in [0.5, 0.6) is 0 Å². The summed E-state index contributed by atoms with van der Waals surface area (Å²) in [7, 11) is 0. The van der Waals surface area contributed by atoms with Gasteiger partial charge in [0.05, 0.1) is 17.2 Å². The van der Waals surface area contributed by atoms with E-state index in [4.69, 9.17) is 0 Å². The summed E-state index contributed by atoms with van der Waals surface area (Å²) >= 11 is 1.23. The molecular formula is C23H15F4NO3S. The number of aliphatic hydroxyl groups is 1. The molecule has 0 saturated carbocycles. The third kappa shape index (κ3) is 4.03. The predicted molar refractivity (Wildman–Crippen MR) is 110 cm³/mol. The number of halogens is 4. The average molecular weight is 461 g/mol. The molecule has 2 heterocycles. The molecule has 1 atom stereocenters. The summed E-state index contributed by atoms with van der Waals surface area (Å²) in [5, 5.41) is 12.5. The second kappa shape index (κ2) is 8.23. The first-order valence-electron chi connectivity index (χ1n) is 9.40. The lowest BCUT2D eigenvalue weighted by Gasteiger charge is -2.24. The van der Waals surface area contributed by atoms with Gasteiger partial charge in [-0.2, -0.15) is 13.2 Å². The van der Waals surface area contributed by atoms with E-state index in [1.807, 2.05) is 0 Å². The Morgan fingerprint density at radius 2 is 1.75 bits per heavy atom. The predicted octanol–water partition coefficient (Wildman–Crippen LogP) is 5.53. The first-order valence-corrected chi connectivity index (χ1v) is 10.3. The molecule has 0 spiro atoms. The van der Waals surface area contributed by atoms with Crippen LogP contribution in [0.2, 0.25) is 0 Å². The molecule has 1 aliphatic rings. The van der Waals surface area contributed by atoms with Gasteiger partial charge in [-0.1, -0.05) is 18.2 Å². The van der Waals surface area contributed by atoms with Crippen LogP contribution in [0.1, 0.15) is 27.6 Å². The van der Waals surface area contributed by atoms with Gasteiger partial charge in [-0.25, -0.2) is 4.39 Å². The van der Waals surface area contributed by atoms with E-state index >= 15 is 0 Å². The average Bonchev–Trinajstić information content (AvgIpc) is 3.36. The van der Waals surface area contributed by atoms with Crippen LogP contribution in [0.25, 0.3) is 5.76 Å². The molecule has 4 rings (SSSR count). The Morgan fingerprint density at radius 3 is 2.38 bits per heavy atom. The number of ketones is 1. The monoisotopic (exact) mass is 461 g/mol. The number of aliphatic hydroxyl groups excluding tert-OH is 1. The fraction of sp³-hybridized carbons (Fsp3) is 0.130. The van der Waals surface area contributed by atoms with E-state index in [2.05, 4.69) is 0 Å². The highest BCUT2D eigenvalue weighted by Crippen LogP contribution is 2.42. The molecular weight excluding hydrogens is 446 g/mol. The number of carbonyl (C=O) groups is 2. The largest absolute Gasteiger partial charge is 0.507 e. The van der Waals surface area contributed by atoms with Crippen LogP contribution in [-0.4, -0.2) is 21.7 Å². The molecule has 4 nitrogen and oxygen atoms in total. The van der Waals surface area contributed by atoms with Crippen LogP contribution in [0.4, 0.5) is 17.6 Å². The first kappa shape index (κ1) is 21.8. The molecule has 1 saturated heterocycles. The van der Waals surface area contributed by atoms with Crippen molar-refractivity contribution in [2.45, 2.75) is 18.8 Å². The number of alkyl halides is 3. The van der Waals surface area contributed by atoms with Crippen molar-refractivity contribution in [2.75, 3.05) is 0 Å². The van der Waals surface area contributed by atoms with Crippen molar-refractivity contribution < 1.29 is 32.3 Å². The molecule has 1 N–H and O–H groups in total. The zero-order chi connectivity index (χ0) is 23.0. The Labute approximate surface area is 184 Å². The fourth-order valence-corrected chi connectivity index (χ4v) is 4.44. The second-order valence-corrected chi connectivity index (χ2v) is 8.13. The van der Waals surface area contributed by atoms with Gasteiger partial charge in [0, 0.05) is 17.0 Å². The Morgan fingerprint density at radius 1 is 1.03 bits per heavy atom. The fourth-order valence-electron chi connectivity index (χ4n) is 3.59. The number of rotatable bonds is 4. The van der Waals surface area contributed by atoms with E-state index in [1.165, 1.54) is 35.6 Å².